The number of rotatable bonds is 6. The molecule has 0 heterocycles. The van der Waals surface area contributed by atoms with Crippen LogP contribution in [0.3, 0.4) is 0 Å². The predicted molar refractivity (Wildman–Crippen MR) is 82.2 cm³/mol. The zero-order valence-corrected chi connectivity index (χ0v) is 13.2. The minimum absolute atomic E-state index is 0.166. The highest BCUT2D eigenvalue weighted by molar-refractivity contribution is 6.30. The first-order valence-electron chi connectivity index (χ1n) is 7.13. The van der Waals surface area contributed by atoms with E-state index in [1.54, 1.807) is 7.11 Å². The molecule has 0 bridgehead atoms. The maximum atomic E-state index is 9.71. The zero-order chi connectivity index (χ0) is 14.8. The van der Waals surface area contributed by atoms with Gasteiger partial charge in [-0.25, -0.2) is 0 Å². The van der Waals surface area contributed by atoms with Gasteiger partial charge in [-0.1, -0.05) is 31.5 Å². The molecule has 1 aromatic carbocycles. The fourth-order valence-electron chi connectivity index (χ4n) is 3.07. The fraction of sp³-hybridized carbons (Fsp3) is 0.625. The molecule has 1 aliphatic carbocycles. The monoisotopic (exact) mass is 297 g/mol. The summed E-state index contributed by atoms with van der Waals surface area (Å²) in [6.07, 6.45) is 1.34. The molecular formula is C16H24ClNO2. The number of benzene rings is 1. The standard InChI is InChI=1S/C16H24ClNO2/c1-16(2)9-11-4-5-12(17)8-14(11)15(16)18-7-6-13(19)10-20-3/h4-5,8,13,15,18-19H,6-7,9-10H2,1-3H3. The number of halogens is 1. The SMILES string of the molecule is COCC(O)CCNC1c2cc(Cl)ccc2CC1(C)C. The Kier molecular flexibility index (Phi) is 5.08. The Morgan fingerprint density at radius 1 is 1.50 bits per heavy atom. The summed E-state index contributed by atoms with van der Waals surface area (Å²) in [4.78, 5) is 0. The van der Waals surface area contributed by atoms with Gasteiger partial charge in [-0.15, -0.1) is 0 Å². The van der Waals surface area contributed by atoms with E-state index in [9.17, 15) is 5.11 Å². The van der Waals surface area contributed by atoms with Crippen molar-refractivity contribution in [3.63, 3.8) is 0 Å². The van der Waals surface area contributed by atoms with Crippen LogP contribution in [-0.2, 0) is 11.2 Å². The molecule has 2 rings (SSSR count). The number of hydrogen-bond donors (Lipinski definition) is 2. The number of fused-ring (bicyclic) bond motifs is 1. The molecule has 0 spiro atoms. The van der Waals surface area contributed by atoms with Gasteiger partial charge in [0, 0.05) is 18.2 Å². The zero-order valence-electron chi connectivity index (χ0n) is 12.4. The Labute approximate surface area is 126 Å². The first-order valence-corrected chi connectivity index (χ1v) is 7.50. The van der Waals surface area contributed by atoms with Crippen molar-refractivity contribution in [2.45, 2.75) is 38.8 Å². The molecule has 0 saturated carbocycles. The normalized spacial score (nSPS) is 21.8. The van der Waals surface area contributed by atoms with Crippen LogP contribution in [0.2, 0.25) is 5.02 Å². The smallest absolute Gasteiger partial charge is 0.0785 e. The minimum atomic E-state index is -0.407. The number of hydrogen-bond acceptors (Lipinski definition) is 3. The third kappa shape index (κ3) is 3.53. The average Bonchev–Trinajstić information content (AvgIpc) is 2.61. The van der Waals surface area contributed by atoms with Crippen LogP contribution in [0.5, 0.6) is 0 Å². The van der Waals surface area contributed by atoms with Gasteiger partial charge in [-0.2, -0.15) is 0 Å². The van der Waals surface area contributed by atoms with Crippen LogP contribution in [-0.4, -0.2) is 31.5 Å². The Morgan fingerprint density at radius 3 is 2.95 bits per heavy atom. The van der Waals surface area contributed by atoms with Gasteiger partial charge in [0.25, 0.3) is 0 Å². The van der Waals surface area contributed by atoms with Crippen LogP contribution >= 0.6 is 11.6 Å². The van der Waals surface area contributed by atoms with Crippen LogP contribution in [0.1, 0.15) is 37.4 Å². The Bertz CT molecular complexity index is 462. The highest BCUT2D eigenvalue weighted by Crippen LogP contribution is 2.45. The second-order valence-electron chi connectivity index (χ2n) is 6.29. The Balaban J connectivity index is 2.01. The van der Waals surface area contributed by atoms with Gasteiger partial charge in [-0.3, -0.25) is 0 Å². The first-order chi connectivity index (χ1) is 9.44. The number of ether oxygens (including phenoxy) is 1. The second kappa shape index (κ2) is 6.44. The van der Waals surface area contributed by atoms with E-state index in [1.807, 2.05) is 6.07 Å². The summed E-state index contributed by atoms with van der Waals surface area (Å²) in [5, 5.41) is 14.1. The highest BCUT2D eigenvalue weighted by Gasteiger charge is 2.38. The van der Waals surface area contributed by atoms with E-state index in [0.29, 0.717) is 13.0 Å². The van der Waals surface area contributed by atoms with Crippen LogP contribution in [0.4, 0.5) is 0 Å². The van der Waals surface area contributed by atoms with Crippen LogP contribution in [0.25, 0.3) is 0 Å². The van der Waals surface area contributed by atoms with Gasteiger partial charge in [0.15, 0.2) is 0 Å². The quantitative estimate of drug-likeness (QED) is 0.848. The first kappa shape index (κ1) is 15.8. The molecule has 0 radical (unpaired) electrons. The maximum Gasteiger partial charge on any atom is 0.0785 e. The van der Waals surface area contributed by atoms with E-state index in [4.69, 9.17) is 16.3 Å². The van der Waals surface area contributed by atoms with E-state index in [2.05, 4.69) is 31.3 Å². The highest BCUT2D eigenvalue weighted by atomic mass is 35.5. The third-order valence-electron chi connectivity index (χ3n) is 4.03. The molecule has 3 nitrogen and oxygen atoms in total. The Morgan fingerprint density at radius 2 is 2.25 bits per heavy atom. The molecular weight excluding hydrogens is 274 g/mol. The van der Waals surface area contributed by atoms with Gasteiger partial charge in [0.1, 0.15) is 0 Å². The molecule has 1 aromatic rings. The number of methoxy groups -OCH3 is 1. The minimum Gasteiger partial charge on any atom is -0.391 e. The van der Waals surface area contributed by atoms with E-state index in [-0.39, 0.29) is 11.5 Å². The average molecular weight is 298 g/mol. The molecule has 0 aliphatic heterocycles. The van der Waals surface area contributed by atoms with Gasteiger partial charge in [-0.05, 0) is 48.1 Å². The van der Waals surface area contributed by atoms with Crippen LogP contribution < -0.4 is 5.32 Å². The summed E-state index contributed by atoms with van der Waals surface area (Å²) in [5.74, 6) is 0. The number of aliphatic hydroxyl groups is 1. The molecule has 2 atom stereocenters. The van der Waals surface area contributed by atoms with Gasteiger partial charge >= 0.3 is 0 Å². The molecule has 4 heteroatoms. The van der Waals surface area contributed by atoms with E-state index in [1.165, 1.54) is 11.1 Å². The summed E-state index contributed by atoms with van der Waals surface area (Å²) in [6, 6.07) is 6.43. The third-order valence-corrected chi connectivity index (χ3v) is 4.27. The molecule has 112 valence electrons. The second-order valence-corrected chi connectivity index (χ2v) is 6.73. The molecule has 2 unspecified atom stereocenters. The lowest BCUT2D eigenvalue weighted by Crippen LogP contribution is -2.33. The van der Waals surface area contributed by atoms with Crippen molar-refractivity contribution in [2.24, 2.45) is 5.41 Å². The predicted octanol–water partition coefficient (Wildman–Crippen LogP) is 2.95. The summed E-state index contributed by atoms with van der Waals surface area (Å²) >= 11 is 6.12. The summed E-state index contributed by atoms with van der Waals surface area (Å²) < 4.78 is 4.94. The summed E-state index contributed by atoms with van der Waals surface area (Å²) in [6.45, 7) is 5.69. The van der Waals surface area contributed by atoms with Crippen LogP contribution in [0, 0.1) is 5.41 Å². The van der Waals surface area contributed by atoms with Crippen molar-refractivity contribution in [1.82, 2.24) is 5.32 Å². The van der Waals surface area contributed by atoms with E-state index in [0.717, 1.165) is 18.0 Å². The molecule has 0 amide bonds. The lowest BCUT2D eigenvalue weighted by molar-refractivity contribution is 0.0580. The molecule has 1 aliphatic rings. The van der Waals surface area contributed by atoms with Gasteiger partial charge in [0.05, 0.1) is 12.7 Å². The lowest BCUT2D eigenvalue weighted by Gasteiger charge is -2.29. The number of aliphatic hydroxyl groups excluding tert-OH is 1. The molecule has 0 saturated heterocycles. The van der Waals surface area contributed by atoms with Crippen molar-refractivity contribution >= 4 is 11.6 Å². The topological polar surface area (TPSA) is 41.5 Å². The molecule has 0 fully saturated rings. The lowest BCUT2D eigenvalue weighted by atomic mass is 9.85. The van der Waals surface area contributed by atoms with Gasteiger partial charge in [0.2, 0.25) is 0 Å². The molecule has 0 aromatic heterocycles. The van der Waals surface area contributed by atoms with Crippen molar-refractivity contribution in [2.75, 3.05) is 20.3 Å². The van der Waals surface area contributed by atoms with Gasteiger partial charge < -0.3 is 15.2 Å². The van der Waals surface area contributed by atoms with Crippen molar-refractivity contribution < 1.29 is 9.84 Å². The molecule has 2 N–H and O–H groups in total. The summed E-state index contributed by atoms with van der Waals surface area (Å²) in [5.41, 5.74) is 2.83. The Hall–Kier alpha value is -0.610. The van der Waals surface area contributed by atoms with Crippen molar-refractivity contribution in [3.8, 4) is 0 Å². The van der Waals surface area contributed by atoms with E-state index >= 15 is 0 Å². The van der Waals surface area contributed by atoms with E-state index < -0.39 is 6.10 Å². The maximum absolute atomic E-state index is 9.71. The summed E-state index contributed by atoms with van der Waals surface area (Å²) in [7, 11) is 1.61. The molecule has 20 heavy (non-hydrogen) atoms. The number of nitrogens with one attached hydrogen (secondary N) is 1. The largest absolute Gasteiger partial charge is 0.391 e. The van der Waals surface area contributed by atoms with Crippen molar-refractivity contribution in [1.29, 1.82) is 0 Å². The van der Waals surface area contributed by atoms with Crippen molar-refractivity contribution in [3.05, 3.63) is 34.3 Å². The van der Waals surface area contributed by atoms with Crippen LogP contribution in [0.15, 0.2) is 18.2 Å². The fourth-order valence-corrected chi connectivity index (χ4v) is 3.25.